The van der Waals surface area contributed by atoms with Crippen molar-refractivity contribution in [3.63, 3.8) is 0 Å². The molecule has 6 nitrogen and oxygen atoms in total. The lowest BCUT2D eigenvalue weighted by atomic mass is 9.78. The van der Waals surface area contributed by atoms with Crippen molar-refractivity contribution in [2.45, 2.75) is 76.7 Å². The summed E-state index contributed by atoms with van der Waals surface area (Å²) in [6.45, 7) is 5.37. The molecule has 166 valence electrons. The Kier molecular flexibility index (Phi) is 4.87. The van der Waals surface area contributed by atoms with Gasteiger partial charge < -0.3 is 14.4 Å². The minimum atomic E-state index is -0.615. The van der Waals surface area contributed by atoms with E-state index in [0.717, 1.165) is 37.7 Å². The van der Waals surface area contributed by atoms with Gasteiger partial charge in [0.05, 0.1) is 17.9 Å². The molecule has 1 aromatic carbocycles. The van der Waals surface area contributed by atoms with E-state index in [2.05, 4.69) is 0 Å². The molecule has 1 aromatic rings. The summed E-state index contributed by atoms with van der Waals surface area (Å²) in [5.74, 6) is -1.63. The zero-order chi connectivity index (χ0) is 21.9. The molecule has 2 bridgehead atoms. The van der Waals surface area contributed by atoms with Crippen molar-refractivity contribution in [1.29, 1.82) is 0 Å². The summed E-state index contributed by atoms with van der Waals surface area (Å²) >= 11 is 0. The SMILES string of the molecule is CC(=O)OC1C2CC3C(C(=O)N(C(C)C)C31)C2C(=O)OC1(c2ccccc2)CCCC1. The first-order valence-electron chi connectivity index (χ1n) is 11.6. The van der Waals surface area contributed by atoms with Gasteiger partial charge in [0, 0.05) is 18.9 Å². The molecule has 0 spiro atoms. The van der Waals surface area contributed by atoms with Gasteiger partial charge in [-0.2, -0.15) is 0 Å². The quantitative estimate of drug-likeness (QED) is 0.676. The lowest BCUT2D eigenvalue weighted by Crippen LogP contribution is -2.48. The molecule has 0 radical (unpaired) electrons. The van der Waals surface area contributed by atoms with Crippen LogP contribution in [-0.4, -0.2) is 40.9 Å². The Morgan fingerprint density at radius 2 is 1.77 bits per heavy atom. The molecule has 6 atom stereocenters. The van der Waals surface area contributed by atoms with Gasteiger partial charge in [-0.25, -0.2) is 0 Å². The third-order valence-corrected chi connectivity index (χ3v) is 8.05. The molecule has 1 aliphatic heterocycles. The summed E-state index contributed by atoms with van der Waals surface area (Å²) in [5, 5.41) is 0. The first-order valence-corrected chi connectivity index (χ1v) is 11.6. The van der Waals surface area contributed by atoms with E-state index in [1.54, 1.807) is 0 Å². The maximum atomic E-state index is 13.7. The van der Waals surface area contributed by atoms with Gasteiger partial charge in [-0.05, 0) is 57.4 Å². The average Bonchev–Trinajstić information content (AvgIpc) is 3.46. The van der Waals surface area contributed by atoms with Gasteiger partial charge in [0.1, 0.15) is 11.7 Å². The Bertz CT molecular complexity index is 890. The van der Waals surface area contributed by atoms with E-state index in [9.17, 15) is 14.4 Å². The predicted molar refractivity (Wildman–Crippen MR) is 113 cm³/mol. The van der Waals surface area contributed by atoms with Gasteiger partial charge >= 0.3 is 11.9 Å². The van der Waals surface area contributed by atoms with Crippen molar-refractivity contribution in [2.24, 2.45) is 23.7 Å². The van der Waals surface area contributed by atoms with Crippen molar-refractivity contribution in [2.75, 3.05) is 0 Å². The number of hydrogen-bond donors (Lipinski definition) is 0. The van der Waals surface area contributed by atoms with E-state index in [1.165, 1.54) is 6.92 Å². The third-order valence-electron chi connectivity index (χ3n) is 8.05. The highest BCUT2D eigenvalue weighted by Gasteiger charge is 2.71. The van der Waals surface area contributed by atoms with Crippen LogP contribution in [0.1, 0.15) is 58.4 Å². The number of benzene rings is 1. The number of amides is 1. The Balaban J connectivity index is 1.47. The smallest absolute Gasteiger partial charge is 0.311 e. The summed E-state index contributed by atoms with van der Waals surface area (Å²) in [6, 6.07) is 9.85. The molecule has 1 heterocycles. The van der Waals surface area contributed by atoms with Crippen LogP contribution < -0.4 is 0 Å². The van der Waals surface area contributed by atoms with E-state index in [1.807, 2.05) is 49.1 Å². The van der Waals surface area contributed by atoms with Gasteiger partial charge in [0.25, 0.3) is 0 Å². The number of esters is 2. The second-order valence-corrected chi connectivity index (χ2v) is 10.0. The average molecular weight is 426 g/mol. The van der Waals surface area contributed by atoms with Gasteiger partial charge in [-0.1, -0.05) is 30.3 Å². The van der Waals surface area contributed by atoms with E-state index in [0.29, 0.717) is 0 Å². The molecule has 3 aliphatic carbocycles. The number of carbonyl (C=O) groups is 3. The minimum absolute atomic E-state index is 0.00192. The Labute approximate surface area is 183 Å². The normalized spacial score (nSPS) is 35.1. The largest absolute Gasteiger partial charge is 0.460 e. The zero-order valence-corrected chi connectivity index (χ0v) is 18.5. The number of likely N-dealkylation sites (tertiary alicyclic amines) is 1. The fraction of sp³-hybridized carbons (Fsp3) is 0.640. The number of ether oxygens (including phenoxy) is 2. The van der Waals surface area contributed by atoms with Gasteiger partial charge in [0.15, 0.2) is 0 Å². The standard InChI is InChI=1S/C25H31NO5/c1-14(2)26-21-17-13-18(22(21)30-15(3)27)20(19(17)23(26)28)24(29)31-25(11-7-8-12-25)16-9-5-4-6-10-16/h4-6,9-10,14,17-22H,7-8,11-13H2,1-3H3. The number of rotatable bonds is 5. The molecule has 31 heavy (non-hydrogen) atoms. The Morgan fingerprint density at radius 1 is 1.10 bits per heavy atom. The number of fused-ring (bicyclic) bond motifs is 1. The van der Waals surface area contributed by atoms with Crippen LogP contribution in [0.4, 0.5) is 0 Å². The summed E-state index contributed by atoms with van der Waals surface area (Å²) in [5.41, 5.74) is 0.413. The molecule has 0 aromatic heterocycles. The van der Waals surface area contributed by atoms with Crippen molar-refractivity contribution < 1.29 is 23.9 Å². The van der Waals surface area contributed by atoms with Crippen LogP contribution in [0.15, 0.2) is 30.3 Å². The molecule has 4 fully saturated rings. The Hall–Kier alpha value is -2.37. The van der Waals surface area contributed by atoms with Crippen molar-refractivity contribution >= 4 is 17.8 Å². The molecular weight excluding hydrogens is 394 g/mol. The molecule has 1 amide bonds. The molecular formula is C25H31NO5. The molecule has 1 saturated heterocycles. The van der Waals surface area contributed by atoms with Crippen LogP contribution in [0.2, 0.25) is 0 Å². The molecule has 6 heteroatoms. The topological polar surface area (TPSA) is 72.9 Å². The maximum Gasteiger partial charge on any atom is 0.311 e. The zero-order valence-electron chi connectivity index (χ0n) is 18.5. The monoisotopic (exact) mass is 425 g/mol. The Morgan fingerprint density at radius 3 is 2.39 bits per heavy atom. The van der Waals surface area contributed by atoms with Crippen molar-refractivity contribution in [1.82, 2.24) is 4.90 Å². The molecule has 5 rings (SSSR count). The van der Waals surface area contributed by atoms with Crippen LogP contribution in [-0.2, 0) is 29.5 Å². The fourth-order valence-electron chi connectivity index (χ4n) is 7.01. The lowest BCUT2D eigenvalue weighted by molar-refractivity contribution is -0.175. The molecule has 3 saturated carbocycles. The van der Waals surface area contributed by atoms with Gasteiger partial charge in [-0.15, -0.1) is 0 Å². The summed E-state index contributed by atoms with van der Waals surface area (Å²) in [6.07, 6.45) is 3.94. The minimum Gasteiger partial charge on any atom is -0.460 e. The first-order chi connectivity index (χ1) is 14.8. The summed E-state index contributed by atoms with van der Waals surface area (Å²) in [4.78, 5) is 40.8. The van der Waals surface area contributed by atoms with Crippen LogP contribution >= 0.6 is 0 Å². The van der Waals surface area contributed by atoms with E-state index >= 15 is 0 Å². The highest BCUT2D eigenvalue weighted by molar-refractivity contribution is 5.90. The van der Waals surface area contributed by atoms with Crippen molar-refractivity contribution in [3.05, 3.63) is 35.9 Å². The van der Waals surface area contributed by atoms with Crippen molar-refractivity contribution in [3.8, 4) is 0 Å². The van der Waals surface area contributed by atoms with Crippen LogP contribution in [0.3, 0.4) is 0 Å². The fourth-order valence-corrected chi connectivity index (χ4v) is 7.01. The highest BCUT2D eigenvalue weighted by atomic mass is 16.6. The van der Waals surface area contributed by atoms with Gasteiger partial charge in [0.2, 0.25) is 5.91 Å². The molecule has 6 unspecified atom stereocenters. The number of carbonyl (C=O) groups excluding carboxylic acids is 3. The number of nitrogens with zero attached hydrogens (tertiary/aromatic N) is 1. The number of hydrogen-bond acceptors (Lipinski definition) is 5. The summed E-state index contributed by atoms with van der Waals surface area (Å²) < 4.78 is 12.0. The van der Waals surface area contributed by atoms with Crippen LogP contribution in [0.25, 0.3) is 0 Å². The highest BCUT2D eigenvalue weighted by Crippen LogP contribution is 2.60. The second-order valence-electron chi connectivity index (χ2n) is 10.0. The third kappa shape index (κ3) is 3.01. The maximum absolute atomic E-state index is 13.7. The van der Waals surface area contributed by atoms with E-state index in [4.69, 9.17) is 9.47 Å². The van der Waals surface area contributed by atoms with Crippen LogP contribution in [0.5, 0.6) is 0 Å². The second kappa shape index (κ2) is 7.35. The van der Waals surface area contributed by atoms with Crippen LogP contribution in [0, 0.1) is 23.7 Å². The molecule has 0 N–H and O–H groups in total. The van der Waals surface area contributed by atoms with E-state index in [-0.39, 0.29) is 47.7 Å². The molecule has 4 aliphatic rings. The lowest BCUT2D eigenvalue weighted by Gasteiger charge is -2.37. The predicted octanol–water partition coefficient (Wildman–Crippen LogP) is 3.43. The van der Waals surface area contributed by atoms with Gasteiger partial charge in [-0.3, -0.25) is 14.4 Å². The summed E-state index contributed by atoms with van der Waals surface area (Å²) in [7, 11) is 0. The van der Waals surface area contributed by atoms with E-state index < -0.39 is 17.6 Å². The first kappa shape index (κ1) is 20.5.